The molecular formula is C54H54N2O. The lowest BCUT2D eigenvalue weighted by Gasteiger charge is -2.27. The molecule has 0 aliphatic heterocycles. The van der Waals surface area contributed by atoms with E-state index in [1.54, 1.807) is 12.2 Å². The van der Waals surface area contributed by atoms with Crippen molar-refractivity contribution in [2.45, 2.75) is 20.8 Å². The van der Waals surface area contributed by atoms with E-state index in [2.05, 4.69) is 136 Å². The summed E-state index contributed by atoms with van der Waals surface area (Å²) in [5.41, 5.74) is 10.6. The molecule has 0 saturated heterocycles. The molecule has 0 radical (unpaired) electrons. The number of para-hydroxylation sites is 2. The van der Waals surface area contributed by atoms with Crippen LogP contribution in [0, 0.1) is 0 Å². The van der Waals surface area contributed by atoms with E-state index in [-0.39, 0.29) is 0 Å². The van der Waals surface area contributed by atoms with Crippen LogP contribution in [0.5, 0.6) is 0 Å². The number of benzene rings is 3. The van der Waals surface area contributed by atoms with Crippen molar-refractivity contribution in [3.05, 3.63) is 261 Å². The van der Waals surface area contributed by atoms with Crippen molar-refractivity contribution in [1.29, 1.82) is 0 Å². The number of hydrogen-bond donors (Lipinski definition) is 0. The third-order valence-corrected chi connectivity index (χ3v) is 9.13. The second-order valence-corrected chi connectivity index (χ2v) is 12.9. The first-order valence-corrected chi connectivity index (χ1v) is 18.9. The van der Waals surface area contributed by atoms with Gasteiger partial charge in [0.2, 0.25) is 0 Å². The molecule has 3 nitrogen and oxygen atoms in total. The number of fused-ring (bicyclic) bond motifs is 1. The van der Waals surface area contributed by atoms with E-state index in [0.717, 1.165) is 61.6 Å². The molecule has 1 heterocycles. The first-order valence-electron chi connectivity index (χ1n) is 18.9. The van der Waals surface area contributed by atoms with Gasteiger partial charge in [-0.15, -0.1) is 0 Å². The number of furan rings is 1. The van der Waals surface area contributed by atoms with Crippen LogP contribution in [0.4, 0.5) is 11.4 Å². The molecule has 286 valence electrons. The molecule has 0 aliphatic rings. The van der Waals surface area contributed by atoms with Crippen LogP contribution < -0.4 is 9.80 Å². The van der Waals surface area contributed by atoms with Crippen LogP contribution in [-0.2, 0) is 0 Å². The number of hydrogen-bond acceptors (Lipinski definition) is 3. The molecular weight excluding hydrogens is 693 g/mol. The summed E-state index contributed by atoms with van der Waals surface area (Å²) in [7, 11) is 0. The topological polar surface area (TPSA) is 19.6 Å². The van der Waals surface area contributed by atoms with Crippen LogP contribution in [0.3, 0.4) is 0 Å². The first kappa shape index (κ1) is 42.6. The van der Waals surface area contributed by atoms with Gasteiger partial charge in [-0.25, -0.2) is 0 Å². The molecule has 0 aliphatic carbocycles. The third kappa shape index (κ3) is 11.5. The van der Waals surface area contributed by atoms with E-state index in [1.165, 1.54) is 0 Å². The van der Waals surface area contributed by atoms with Crippen molar-refractivity contribution in [3.63, 3.8) is 0 Å². The van der Waals surface area contributed by atoms with Crippen LogP contribution in [0.15, 0.2) is 249 Å². The Morgan fingerprint density at radius 2 is 1.32 bits per heavy atom. The zero-order chi connectivity index (χ0) is 41.2. The Kier molecular flexibility index (Phi) is 16.2. The highest BCUT2D eigenvalue weighted by molar-refractivity contribution is 5.95. The maximum atomic E-state index is 6.12. The van der Waals surface area contributed by atoms with Crippen molar-refractivity contribution < 1.29 is 4.42 Å². The Balaban J connectivity index is 1.47. The molecule has 0 bridgehead atoms. The average molecular weight is 747 g/mol. The van der Waals surface area contributed by atoms with Gasteiger partial charge in [-0.2, -0.15) is 0 Å². The summed E-state index contributed by atoms with van der Waals surface area (Å²) in [4.78, 5) is 4.33. The summed E-state index contributed by atoms with van der Waals surface area (Å²) >= 11 is 0. The fraction of sp³-hybridized carbons (Fsp3) is 0.0741. The van der Waals surface area contributed by atoms with Crippen molar-refractivity contribution in [2.24, 2.45) is 0 Å². The van der Waals surface area contributed by atoms with Crippen molar-refractivity contribution in [2.75, 3.05) is 16.3 Å². The maximum absolute atomic E-state index is 6.12. The Morgan fingerprint density at radius 3 is 1.96 bits per heavy atom. The van der Waals surface area contributed by atoms with E-state index < -0.39 is 0 Å². The molecule has 57 heavy (non-hydrogen) atoms. The third-order valence-electron chi connectivity index (χ3n) is 9.13. The van der Waals surface area contributed by atoms with Gasteiger partial charge in [0.05, 0.1) is 0 Å². The molecule has 4 aromatic rings. The predicted molar refractivity (Wildman–Crippen MR) is 253 cm³/mol. The zero-order valence-electron chi connectivity index (χ0n) is 33.7. The molecule has 0 spiro atoms. The molecule has 0 amide bonds. The van der Waals surface area contributed by atoms with Crippen molar-refractivity contribution >= 4 is 39.6 Å². The lowest BCUT2D eigenvalue weighted by atomic mass is 10.00. The van der Waals surface area contributed by atoms with Crippen LogP contribution >= 0.6 is 0 Å². The average Bonchev–Trinajstić information content (AvgIpc) is 3.62. The highest BCUT2D eigenvalue weighted by atomic mass is 16.3. The minimum atomic E-state index is 0.654. The van der Waals surface area contributed by atoms with Gasteiger partial charge < -0.3 is 14.2 Å². The molecule has 0 N–H and O–H groups in total. The van der Waals surface area contributed by atoms with Crippen molar-refractivity contribution in [1.82, 2.24) is 0 Å². The van der Waals surface area contributed by atoms with Crippen LogP contribution in [0.1, 0.15) is 37.7 Å². The van der Waals surface area contributed by atoms with Gasteiger partial charge in [-0.05, 0) is 97.2 Å². The monoisotopic (exact) mass is 746 g/mol. The fourth-order valence-electron chi connectivity index (χ4n) is 6.00. The lowest BCUT2D eigenvalue weighted by molar-refractivity contribution is 0.600. The summed E-state index contributed by atoms with van der Waals surface area (Å²) in [6, 6.07) is 26.7. The lowest BCUT2D eigenvalue weighted by Crippen LogP contribution is -2.19. The van der Waals surface area contributed by atoms with E-state index >= 15 is 0 Å². The Labute approximate surface area is 341 Å². The number of rotatable bonds is 20. The standard InChI is InChI=1S/C54H54N2O/c1-11-16-17-23-39-55(49-27-19-18-20-28-49)40-24-26-46(13-3)47-35-37-50(38-36-47)56(48(14-4)25-12-2)44(9)34-33-42(7)41(6)31-32-43(8)45(10)54-51(15-5)52-29-21-22-30-53(52)57-54/h11-39H,1,5-10,40H2,2-4H3/b17-16-,25-12-,26-24-,32-31-,34-33-,39-23+,46-13+,48-14+. The van der Waals surface area contributed by atoms with Gasteiger partial charge in [0.1, 0.15) is 11.3 Å². The highest BCUT2D eigenvalue weighted by Crippen LogP contribution is 2.34. The highest BCUT2D eigenvalue weighted by Gasteiger charge is 2.16. The van der Waals surface area contributed by atoms with Gasteiger partial charge in [0.25, 0.3) is 0 Å². The molecule has 3 heteroatoms. The summed E-state index contributed by atoms with van der Waals surface area (Å²) < 4.78 is 6.12. The van der Waals surface area contributed by atoms with Gasteiger partial charge in [-0.3, -0.25) is 0 Å². The maximum Gasteiger partial charge on any atom is 0.142 e. The zero-order valence-corrected chi connectivity index (χ0v) is 33.7. The molecule has 0 atom stereocenters. The molecule has 0 unspecified atom stereocenters. The second-order valence-electron chi connectivity index (χ2n) is 12.9. The minimum Gasteiger partial charge on any atom is -0.455 e. The molecule has 3 aromatic carbocycles. The number of anilines is 2. The van der Waals surface area contributed by atoms with Gasteiger partial charge in [0, 0.05) is 52.0 Å². The van der Waals surface area contributed by atoms with Gasteiger partial charge in [-0.1, -0.05) is 167 Å². The summed E-state index contributed by atoms with van der Waals surface area (Å²) in [6.07, 6.45) is 31.8. The Hall–Kier alpha value is -7.10. The summed E-state index contributed by atoms with van der Waals surface area (Å²) in [5, 5.41) is 0.989. The number of nitrogens with zero attached hydrogens (tertiary/aromatic N) is 2. The normalized spacial score (nSPS) is 12.5. The number of allylic oxidation sites excluding steroid dienone is 18. The van der Waals surface area contributed by atoms with E-state index in [4.69, 9.17) is 4.42 Å². The van der Waals surface area contributed by atoms with Crippen molar-refractivity contribution in [3.8, 4) is 0 Å². The van der Waals surface area contributed by atoms with Crippen LogP contribution in [-0.4, -0.2) is 6.54 Å². The molecule has 0 saturated carbocycles. The quantitative estimate of drug-likeness (QED) is 0.0840. The Morgan fingerprint density at radius 1 is 0.649 bits per heavy atom. The Bertz CT molecular complexity index is 2360. The fourth-order valence-corrected chi connectivity index (χ4v) is 6.00. The second kappa shape index (κ2) is 21.7. The van der Waals surface area contributed by atoms with Gasteiger partial charge in [0.15, 0.2) is 0 Å². The molecule has 0 fully saturated rings. The first-order chi connectivity index (χ1) is 27.7. The largest absolute Gasteiger partial charge is 0.455 e. The van der Waals surface area contributed by atoms with Gasteiger partial charge >= 0.3 is 0 Å². The summed E-state index contributed by atoms with van der Waals surface area (Å²) in [5.74, 6) is 0.654. The SMILES string of the molecule is C=C/C=C\C=C\N(C/C=C\C(=C/C)c1ccc(N(C(=C)/C=C\C(=C)C(=C)/C=C\C(=C)C(=C)c2oc3ccccc3c2C=C)C(/C=C\C)=C/C)cc1)c1ccccc1. The molecule has 1 aromatic heterocycles. The predicted octanol–water partition coefficient (Wildman–Crippen LogP) is 15.1. The van der Waals surface area contributed by atoms with Crippen LogP contribution in [0.2, 0.25) is 0 Å². The molecule has 4 rings (SSSR count). The van der Waals surface area contributed by atoms with E-state index in [1.807, 2.05) is 105 Å². The van der Waals surface area contributed by atoms with Crippen LogP contribution in [0.25, 0.3) is 28.2 Å². The van der Waals surface area contributed by atoms with E-state index in [9.17, 15) is 0 Å². The smallest absolute Gasteiger partial charge is 0.142 e. The minimum absolute atomic E-state index is 0.654. The van der Waals surface area contributed by atoms with E-state index in [0.29, 0.717) is 23.5 Å². The summed E-state index contributed by atoms with van der Waals surface area (Å²) in [6.45, 7) is 36.0.